The number of carboxylic acid groups (broad SMARTS) is 1. The molecule has 0 heterocycles. The molecule has 98 valence electrons. The highest BCUT2D eigenvalue weighted by atomic mass is 16.4. The zero-order valence-corrected chi connectivity index (χ0v) is 9.75. The molecule has 2 atom stereocenters. The molecule has 0 rings (SSSR count). The summed E-state index contributed by atoms with van der Waals surface area (Å²) in [5.74, 6) is -1.30. The van der Waals surface area contributed by atoms with Crippen LogP contribution >= 0.6 is 0 Å². The van der Waals surface area contributed by atoms with E-state index in [1.165, 1.54) is 0 Å². The fourth-order valence-electron chi connectivity index (χ4n) is 0.975. The predicted octanol–water partition coefficient (Wildman–Crippen LogP) is 1.25. The van der Waals surface area contributed by atoms with Crippen molar-refractivity contribution in [1.82, 2.24) is 0 Å². The van der Waals surface area contributed by atoms with Crippen LogP contribution in [0.3, 0.4) is 0 Å². The Morgan fingerprint density at radius 1 is 1.29 bits per heavy atom. The molecule has 0 aliphatic rings. The molecule has 0 aliphatic heterocycles. The summed E-state index contributed by atoms with van der Waals surface area (Å²) in [5.41, 5.74) is 0. The lowest BCUT2D eigenvalue weighted by atomic mass is 9.97. The van der Waals surface area contributed by atoms with E-state index >= 15 is 0 Å². The van der Waals surface area contributed by atoms with Crippen LogP contribution in [0.15, 0.2) is 37.6 Å². The first kappa shape index (κ1) is 17.8. The maximum Gasteiger partial charge on any atom is 0.327 e. The summed E-state index contributed by atoms with van der Waals surface area (Å²) in [6, 6.07) is 0. The molecule has 17 heavy (non-hydrogen) atoms. The van der Waals surface area contributed by atoms with Crippen LogP contribution < -0.4 is 0 Å². The number of aliphatic hydroxyl groups is 3. The minimum Gasteiger partial charge on any atom is -0.513 e. The average Bonchev–Trinajstić information content (AvgIpc) is 2.25. The molecule has 0 bridgehead atoms. The van der Waals surface area contributed by atoms with Gasteiger partial charge in [-0.2, -0.15) is 0 Å². The van der Waals surface area contributed by atoms with Gasteiger partial charge in [-0.15, -0.1) is 6.58 Å². The third-order valence-corrected chi connectivity index (χ3v) is 1.87. The fourth-order valence-corrected chi connectivity index (χ4v) is 0.975. The Labute approximate surface area is 101 Å². The Hall–Kier alpha value is -1.59. The van der Waals surface area contributed by atoms with Crippen LogP contribution in [0.25, 0.3) is 0 Å². The summed E-state index contributed by atoms with van der Waals surface area (Å²) in [4.78, 5) is 9.25. The first-order chi connectivity index (χ1) is 7.88. The SMILES string of the molecule is C=CC(=O)O.C=CCC(CO)C(O)CC(=C)O. The van der Waals surface area contributed by atoms with Crippen molar-refractivity contribution in [2.45, 2.75) is 18.9 Å². The highest BCUT2D eigenvalue weighted by Crippen LogP contribution is 2.14. The van der Waals surface area contributed by atoms with Gasteiger partial charge in [-0.3, -0.25) is 0 Å². The molecular weight excluding hydrogens is 224 g/mol. The second-order valence-corrected chi connectivity index (χ2v) is 3.35. The van der Waals surface area contributed by atoms with E-state index in [1.807, 2.05) is 0 Å². The summed E-state index contributed by atoms with van der Waals surface area (Å²) < 4.78 is 0. The van der Waals surface area contributed by atoms with Gasteiger partial charge in [-0.25, -0.2) is 4.79 Å². The summed E-state index contributed by atoms with van der Waals surface area (Å²) >= 11 is 0. The van der Waals surface area contributed by atoms with E-state index in [4.69, 9.17) is 15.3 Å². The number of carboxylic acids is 1. The van der Waals surface area contributed by atoms with Crippen molar-refractivity contribution in [1.29, 1.82) is 0 Å². The molecule has 0 radical (unpaired) electrons. The number of aliphatic hydroxyl groups excluding tert-OH is 3. The minimum absolute atomic E-state index is 0.0648. The van der Waals surface area contributed by atoms with Crippen molar-refractivity contribution >= 4 is 5.97 Å². The third kappa shape index (κ3) is 12.3. The molecule has 0 saturated carbocycles. The summed E-state index contributed by atoms with van der Waals surface area (Å²) in [6.07, 6.45) is 2.36. The number of rotatable bonds is 7. The van der Waals surface area contributed by atoms with E-state index in [2.05, 4.69) is 19.7 Å². The first-order valence-corrected chi connectivity index (χ1v) is 5.00. The lowest BCUT2D eigenvalue weighted by Gasteiger charge is -2.18. The Bertz CT molecular complexity index is 260. The monoisotopic (exact) mass is 244 g/mol. The van der Waals surface area contributed by atoms with Gasteiger partial charge in [-0.1, -0.05) is 19.2 Å². The maximum atomic E-state index is 9.38. The van der Waals surface area contributed by atoms with E-state index in [9.17, 15) is 9.90 Å². The standard InChI is InChI=1S/C9H16O3.C3H4O2/c1-3-4-8(6-10)9(12)5-7(2)11;1-2-3(4)5/h3,8-12H,1-2,4-6H2;2H,1H2,(H,4,5). The molecule has 0 saturated heterocycles. The van der Waals surface area contributed by atoms with Crippen molar-refractivity contribution in [3.05, 3.63) is 37.6 Å². The molecule has 5 nitrogen and oxygen atoms in total. The molecule has 0 spiro atoms. The Morgan fingerprint density at radius 3 is 2.00 bits per heavy atom. The van der Waals surface area contributed by atoms with Gasteiger partial charge < -0.3 is 20.4 Å². The molecule has 2 unspecified atom stereocenters. The molecule has 0 aliphatic carbocycles. The zero-order valence-electron chi connectivity index (χ0n) is 9.75. The lowest BCUT2D eigenvalue weighted by molar-refractivity contribution is -0.131. The molecule has 0 fully saturated rings. The Morgan fingerprint density at radius 2 is 1.76 bits per heavy atom. The van der Waals surface area contributed by atoms with Crippen LogP contribution in [0.4, 0.5) is 0 Å². The molecule has 0 aromatic rings. The predicted molar refractivity (Wildman–Crippen MR) is 65.6 cm³/mol. The zero-order chi connectivity index (χ0) is 13.8. The smallest absolute Gasteiger partial charge is 0.327 e. The molecule has 0 amide bonds. The van der Waals surface area contributed by atoms with Gasteiger partial charge in [0.25, 0.3) is 0 Å². The van der Waals surface area contributed by atoms with E-state index < -0.39 is 12.1 Å². The number of carbonyl (C=O) groups is 1. The van der Waals surface area contributed by atoms with Crippen LogP contribution in [0, 0.1) is 5.92 Å². The van der Waals surface area contributed by atoms with Gasteiger partial charge in [0.2, 0.25) is 0 Å². The fraction of sp³-hybridized carbons (Fsp3) is 0.417. The average molecular weight is 244 g/mol. The van der Waals surface area contributed by atoms with E-state index in [0.29, 0.717) is 6.42 Å². The van der Waals surface area contributed by atoms with Crippen LogP contribution in [0.1, 0.15) is 12.8 Å². The largest absolute Gasteiger partial charge is 0.513 e. The van der Waals surface area contributed by atoms with Crippen molar-refractivity contribution < 1.29 is 25.2 Å². The van der Waals surface area contributed by atoms with Crippen molar-refractivity contribution in [3.8, 4) is 0 Å². The number of hydrogen-bond acceptors (Lipinski definition) is 4. The highest BCUT2D eigenvalue weighted by molar-refractivity contribution is 5.78. The number of allylic oxidation sites excluding steroid dienone is 1. The summed E-state index contributed by atoms with van der Waals surface area (Å²) in [6.45, 7) is 9.61. The third-order valence-electron chi connectivity index (χ3n) is 1.87. The van der Waals surface area contributed by atoms with Crippen LogP contribution in [-0.2, 0) is 4.79 Å². The number of hydrogen-bond donors (Lipinski definition) is 4. The van der Waals surface area contributed by atoms with Gasteiger partial charge >= 0.3 is 5.97 Å². The quantitative estimate of drug-likeness (QED) is 0.307. The second kappa shape index (κ2) is 10.9. The van der Waals surface area contributed by atoms with Crippen molar-refractivity contribution in [3.63, 3.8) is 0 Å². The van der Waals surface area contributed by atoms with E-state index in [1.54, 1.807) is 6.08 Å². The van der Waals surface area contributed by atoms with Gasteiger partial charge in [0.05, 0.1) is 11.9 Å². The molecule has 5 heteroatoms. The highest BCUT2D eigenvalue weighted by Gasteiger charge is 2.17. The van der Waals surface area contributed by atoms with Crippen LogP contribution in [0.5, 0.6) is 0 Å². The van der Waals surface area contributed by atoms with Gasteiger partial charge in [0, 0.05) is 25.0 Å². The second-order valence-electron chi connectivity index (χ2n) is 3.35. The molecular formula is C12H20O5. The molecule has 0 aromatic heterocycles. The Kier molecular flexibility index (Phi) is 11.4. The van der Waals surface area contributed by atoms with Gasteiger partial charge in [-0.05, 0) is 6.42 Å². The maximum absolute atomic E-state index is 9.38. The van der Waals surface area contributed by atoms with Crippen molar-refractivity contribution in [2.75, 3.05) is 6.61 Å². The normalized spacial score (nSPS) is 12.6. The van der Waals surface area contributed by atoms with Crippen LogP contribution in [0.2, 0.25) is 0 Å². The first-order valence-electron chi connectivity index (χ1n) is 5.00. The molecule has 4 N–H and O–H groups in total. The summed E-state index contributed by atoms with van der Waals surface area (Å²) in [7, 11) is 0. The topological polar surface area (TPSA) is 98.0 Å². The Balaban J connectivity index is 0. The minimum atomic E-state index is -0.981. The summed E-state index contributed by atoms with van der Waals surface area (Å²) in [5, 5.41) is 34.6. The van der Waals surface area contributed by atoms with Crippen LogP contribution in [-0.4, -0.2) is 39.1 Å². The van der Waals surface area contributed by atoms with Gasteiger partial charge in [0.15, 0.2) is 0 Å². The lowest BCUT2D eigenvalue weighted by Crippen LogP contribution is -2.23. The number of aliphatic carboxylic acids is 1. The molecule has 0 aromatic carbocycles. The van der Waals surface area contributed by atoms with Crippen molar-refractivity contribution in [2.24, 2.45) is 5.92 Å². The van der Waals surface area contributed by atoms with E-state index in [-0.39, 0.29) is 24.7 Å². The van der Waals surface area contributed by atoms with Gasteiger partial charge in [0.1, 0.15) is 0 Å². The van der Waals surface area contributed by atoms with E-state index in [0.717, 1.165) is 6.08 Å².